The van der Waals surface area contributed by atoms with Gasteiger partial charge in [-0.2, -0.15) is 0 Å². The normalized spacial score (nSPS) is 17.5. The SMILES string of the molecule is OC1CCc2c(OCc3ccccc3)cccc21. The zero-order chi connectivity index (χ0) is 12.4. The van der Waals surface area contributed by atoms with E-state index in [0.29, 0.717) is 6.61 Å². The number of fused-ring (bicyclic) bond motifs is 1. The Kier molecular flexibility index (Phi) is 3.03. The van der Waals surface area contributed by atoms with E-state index < -0.39 is 0 Å². The van der Waals surface area contributed by atoms with Gasteiger partial charge in [0.05, 0.1) is 6.10 Å². The van der Waals surface area contributed by atoms with Crippen LogP contribution in [0.3, 0.4) is 0 Å². The summed E-state index contributed by atoms with van der Waals surface area (Å²) in [5, 5.41) is 9.84. The Labute approximate surface area is 107 Å². The van der Waals surface area contributed by atoms with E-state index in [2.05, 4.69) is 12.1 Å². The molecule has 0 bridgehead atoms. The van der Waals surface area contributed by atoms with Gasteiger partial charge in [-0.05, 0) is 30.0 Å². The molecule has 0 spiro atoms. The van der Waals surface area contributed by atoms with Crippen LogP contribution in [0.4, 0.5) is 0 Å². The monoisotopic (exact) mass is 240 g/mol. The topological polar surface area (TPSA) is 29.5 Å². The van der Waals surface area contributed by atoms with E-state index in [4.69, 9.17) is 4.74 Å². The van der Waals surface area contributed by atoms with Gasteiger partial charge in [-0.25, -0.2) is 0 Å². The van der Waals surface area contributed by atoms with Crippen LogP contribution in [-0.4, -0.2) is 5.11 Å². The van der Waals surface area contributed by atoms with E-state index in [1.54, 1.807) is 0 Å². The van der Waals surface area contributed by atoms with Crippen molar-refractivity contribution in [2.75, 3.05) is 0 Å². The van der Waals surface area contributed by atoms with Crippen molar-refractivity contribution in [2.45, 2.75) is 25.6 Å². The van der Waals surface area contributed by atoms with Crippen molar-refractivity contribution in [3.8, 4) is 5.75 Å². The molecule has 2 heteroatoms. The van der Waals surface area contributed by atoms with Crippen LogP contribution < -0.4 is 4.74 Å². The predicted octanol–water partition coefficient (Wildman–Crippen LogP) is 3.25. The number of rotatable bonds is 3. The quantitative estimate of drug-likeness (QED) is 0.892. The molecule has 1 aliphatic rings. The van der Waals surface area contributed by atoms with Gasteiger partial charge in [-0.15, -0.1) is 0 Å². The molecule has 18 heavy (non-hydrogen) atoms. The number of ether oxygens (including phenoxy) is 1. The Morgan fingerprint density at radius 1 is 1.06 bits per heavy atom. The number of hydrogen-bond donors (Lipinski definition) is 1. The molecular weight excluding hydrogens is 224 g/mol. The number of aliphatic hydroxyl groups excluding tert-OH is 1. The highest BCUT2D eigenvalue weighted by Crippen LogP contribution is 2.36. The van der Waals surface area contributed by atoms with Gasteiger partial charge in [0.2, 0.25) is 0 Å². The molecular formula is C16H16O2. The molecule has 0 radical (unpaired) electrons. The first kappa shape index (κ1) is 11.3. The minimum Gasteiger partial charge on any atom is -0.489 e. The molecule has 2 aromatic carbocycles. The van der Waals surface area contributed by atoms with Gasteiger partial charge < -0.3 is 9.84 Å². The van der Waals surface area contributed by atoms with Crippen LogP contribution in [-0.2, 0) is 13.0 Å². The zero-order valence-electron chi connectivity index (χ0n) is 10.2. The minimum absolute atomic E-state index is 0.319. The first-order valence-electron chi connectivity index (χ1n) is 6.31. The third-order valence-electron chi connectivity index (χ3n) is 3.43. The second-order valence-electron chi connectivity index (χ2n) is 4.65. The van der Waals surface area contributed by atoms with Crippen molar-refractivity contribution in [1.82, 2.24) is 0 Å². The third kappa shape index (κ3) is 2.12. The second kappa shape index (κ2) is 4.83. The van der Waals surface area contributed by atoms with Crippen molar-refractivity contribution in [3.05, 3.63) is 65.2 Å². The summed E-state index contributed by atoms with van der Waals surface area (Å²) >= 11 is 0. The highest BCUT2D eigenvalue weighted by Gasteiger charge is 2.22. The molecule has 92 valence electrons. The van der Waals surface area contributed by atoms with Crippen LogP contribution in [0.1, 0.15) is 29.2 Å². The second-order valence-corrected chi connectivity index (χ2v) is 4.65. The van der Waals surface area contributed by atoms with E-state index in [1.807, 2.05) is 36.4 Å². The van der Waals surface area contributed by atoms with Crippen molar-refractivity contribution >= 4 is 0 Å². The highest BCUT2D eigenvalue weighted by atomic mass is 16.5. The number of benzene rings is 2. The average molecular weight is 240 g/mol. The van der Waals surface area contributed by atoms with Crippen LogP contribution in [0.15, 0.2) is 48.5 Å². The fourth-order valence-corrected chi connectivity index (χ4v) is 2.47. The van der Waals surface area contributed by atoms with Crippen molar-refractivity contribution in [2.24, 2.45) is 0 Å². The Morgan fingerprint density at radius 2 is 1.89 bits per heavy atom. The molecule has 0 aromatic heterocycles. The van der Waals surface area contributed by atoms with Crippen LogP contribution in [0, 0.1) is 0 Å². The smallest absolute Gasteiger partial charge is 0.123 e. The molecule has 0 saturated carbocycles. The Bertz CT molecular complexity index is 534. The number of hydrogen-bond acceptors (Lipinski definition) is 2. The summed E-state index contributed by atoms with van der Waals surface area (Å²) < 4.78 is 5.87. The minimum atomic E-state index is -0.319. The predicted molar refractivity (Wildman–Crippen MR) is 70.5 cm³/mol. The molecule has 2 nitrogen and oxygen atoms in total. The van der Waals surface area contributed by atoms with Gasteiger partial charge in [0.25, 0.3) is 0 Å². The van der Waals surface area contributed by atoms with Gasteiger partial charge in [-0.1, -0.05) is 42.5 Å². The standard InChI is InChI=1S/C16H16O2/c17-15-10-9-14-13(15)7-4-8-16(14)18-11-12-5-2-1-3-6-12/h1-8,15,17H,9-11H2. The molecule has 1 aliphatic carbocycles. The summed E-state index contributed by atoms with van der Waals surface area (Å²) in [5.74, 6) is 0.910. The Morgan fingerprint density at radius 3 is 2.72 bits per heavy atom. The van der Waals surface area contributed by atoms with Gasteiger partial charge in [0.1, 0.15) is 12.4 Å². The molecule has 2 aromatic rings. The Hall–Kier alpha value is -1.80. The molecule has 3 rings (SSSR count). The van der Waals surface area contributed by atoms with E-state index in [-0.39, 0.29) is 6.10 Å². The summed E-state index contributed by atoms with van der Waals surface area (Å²) in [4.78, 5) is 0. The van der Waals surface area contributed by atoms with Gasteiger partial charge in [0, 0.05) is 5.56 Å². The van der Waals surface area contributed by atoms with E-state index in [9.17, 15) is 5.11 Å². The first-order chi connectivity index (χ1) is 8.84. The zero-order valence-corrected chi connectivity index (χ0v) is 10.2. The summed E-state index contributed by atoms with van der Waals surface area (Å²) in [6, 6.07) is 16.1. The van der Waals surface area contributed by atoms with Gasteiger partial charge in [-0.3, -0.25) is 0 Å². The maximum absolute atomic E-state index is 9.84. The summed E-state index contributed by atoms with van der Waals surface area (Å²) in [6.07, 6.45) is 1.39. The highest BCUT2D eigenvalue weighted by molar-refractivity contribution is 5.44. The fraction of sp³-hybridized carbons (Fsp3) is 0.250. The first-order valence-corrected chi connectivity index (χ1v) is 6.31. The van der Waals surface area contributed by atoms with Crippen LogP contribution in [0.2, 0.25) is 0 Å². The van der Waals surface area contributed by atoms with Gasteiger partial charge in [0.15, 0.2) is 0 Å². The Balaban J connectivity index is 1.78. The maximum atomic E-state index is 9.84. The van der Waals surface area contributed by atoms with E-state index in [0.717, 1.165) is 29.7 Å². The lowest BCUT2D eigenvalue weighted by Gasteiger charge is -2.11. The van der Waals surface area contributed by atoms with Crippen LogP contribution in [0.25, 0.3) is 0 Å². The molecule has 1 N–H and O–H groups in total. The summed E-state index contributed by atoms with van der Waals surface area (Å²) in [5.41, 5.74) is 3.36. The molecule has 0 aliphatic heterocycles. The molecule has 0 heterocycles. The third-order valence-corrected chi connectivity index (χ3v) is 3.43. The van der Waals surface area contributed by atoms with Crippen molar-refractivity contribution in [3.63, 3.8) is 0 Å². The lowest BCUT2D eigenvalue weighted by molar-refractivity contribution is 0.180. The molecule has 1 unspecified atom stereocenters. The fourth-order valence-electron chi connectivity index (χ4n) is 2.47. The van der Waals surface area contributed by atoms with Crippen molar-refractivity contribution < 1.29 is 9.84 Å². The van der Waals surface area contributed by atoms with Crippen molar-refractivity contribution in [1.29, 1.82) is 0 Å². The lowest BCUT2D eigenvalue weighted by atomic mass is 10.1. The molecule has 0 amide bonds. The number of aliphatic hydroxyl groups is 1. The summed E-state index contributed by atoms with van der Waals surface area (Å²) in [6.45, 7) is 0.577. The lowest BCUT2D eigenvalue weighted by Crippen LogP contribution is -1.98. The largest absolute Gasteiger partial charge is 0.489 e. The summed E-state index contributed by atoms with van der Waals surface area (Å²) in [7, 11) is 0. The van der Waals surface area contributed by atoms with Crippen LogP contribution in [0.5, 0.6) is 5.75 Å². The maximum Gasteiger partial charge on any atom is 0.123 e. The molecule has 1 atom stereocenters. The van der Waals surface area contributed by atoms with Crippen LogP contribution >= 0.6 is 0 Å². The van der Waals surface area contributed by atoms with E-state index >= 15 is 0 Å². The van der Waals surface area contributed by atoms with E-state index in [1.165, 1.54) is 5.56 Å². The molecule has 0 saturated heterocycles. The molecule has 0 fully saturated rings. The average Bonchev–Trinajstić information content (AvgIpc) is 2.80. The van der Waals surface area contributed by atoms with Gasteiger partial charge >= 0.3 is 0 Å².